The van der Waals surface area contributed by atoms with Gasteiger partial charge in [0.1, 0.15) is 11.4 Å². The predicted octanol–water partition coefficient (Wildman–Crippen LogP) is 3.21. The van der Waals surface area contributed by atoms with E-state index in [1.54, 1.807) is 0 Å². The van der Waals surface area contributed by atoms with Crippen LogP contribution < -0.4 is 21.3 Å². The zero-order valence-electron chi connectivity index (χ0n) is 25.8. The number of nitrogens with one attached hydrogen (secondary N) is 3. The van der Waals surface area contributed by atoms with Crippen molar-refractivity contribution in [1.82, 2.24) is 30.0 Å². The van der Waals surface area contributed by atoms with Crippen molar-refractivity contribution in [1.29, 1.82) is 0 Å². The number of H-pyrrole nitrogens is 1. The highest BCUT2D eigenvalue weighted by atomic mass is 16.5. The number of nitrogens with zero attached hydrogens (tertiary/aromatic N) is 6. The van der Waals surface area contributed by atoms with Crippen molar-refractivity contribution < 1.29 is 9.53 Å². The Bertz CT molecular complexity index is 1470. The lowest BCUT2D eigenvalue weighted by molar-refractivity contribution is 0.0351. The number of carbonyl (C=O) groups excluding carboxylic acids is 1. The molecule has 1 aliphatic carbocycles. The van der Waals surface area contributed by atoms with Crippen LogP contribution in [0.4, 0.5) is 23.0 Å². The molecule has 1 unspecified atom stereocenters. The average Bonchev–Trinajstić information content (AvgIpc) is 3.67. The van der Waals surface area contributed by atoms with E-state index in [1.165, 1.54) is 31.6 Å². The number of benzene rings is 1. The van der Waals surface area contributed by atoms with E-state index in [0.29, 0.717) is 35.7 Å². The van der Waals surface area contributed by atoms with Gasteiger partial charge in [0.05, 0.1) is 6.61 Å². The number of likely N-dealkylation sites (N-methyl/N-ethyl adjacent to an activating group) is 1. The number of carbonyl (C=O) groups is 1. The normalized spacial score (nSPS) is 22.7. The van der Waals surface area contributed by atoms with Gasteiger partial charge in [0.25, 0.3) is 5.91 Å². The van der Waals surface area contributed by atoms with Crippen molar-refractivity contribution in [2.75, 3.05) is 75.1 Å². The van der Waals surface area contributed by atoms with E-state index < -0.39 is 5.91 Å². The van der Waals surface area contributed by atoms with E-state index >= 15 is 0 Å². The van der Waals surface area contributed by atoms with Crippen LogP contribution in [0, 0.1) is 12.3 Å². The molecule has 0 radical (unpaired) electrons. The summed E-state index contributed by atoms with van der Waals surface area (Å²) in [6.07, 6.45) is 5.51. The van der Waals surface area contributed by atoms with Gasteiger partial charge in [0.15, 0.2) is 17.3 Å². The Morgan fingerprint density at radius 3 is 2.43 bits per heavy atom. The summed E-state index contributed by atoms with van der Waals surface area (Å²) in [5.41, 5.74) is 10.1. The molecule has 3 aromatic rings. The number of anilines is 4. The molecule has 1 saturated carbocycles. The molecule has 4 fully saturated rings. The van der Waals surface area contributed by atoms with Crippen LogP contribution >= 0.6 is 0 Å². The van der Waals surface area contributed by atoms with Crippen molar-refractivity contribution in [2.45, 2.75) is 51.1 Å². The second-order valence-corrected chi connectivity index (χ2v) is 13.0. The quantitative estimate of drug-likeness (QED) is 0.305. The van der Waals surface area contributed by atoms with Gasteiger partial charge < -0.3 is 30.9 Å². The van der Waals surface area contributed by atoms with Gasteiger partial charge in [-0.1, -0.05) is 0 Å². The summed E-state index contributed by atoms with van der Waals surface area (Å²) >= 11 is 0. The molecular weight excluding hydrogens is 556 g/mol. The molecule has 5 N–H and O–H groups in total. The van der Waals surface area contributed by atoms with Crippen LogP contribution in [0.5, 0.6) is 0 Å². The molecule has 0 bridgehead atoms. The van der Waals surface area contributed by atoms with Gasteiger partial charge >= 0.3 is 0 Å². The molecule has 1 spiro atoms. The van der Waals surface area contributed by atoms with Crippen LogP contribution in [-0.2, 0) is 4.74 Å². The Morgan fingerprint density at radius 1 is 1.02 bits per heavy atom. The number of aromatic amines is 1. The van der Waals surface area contributed by atoms with E-state index in [9.17, 15) is 4.79 Å². The number of hydrogen-bond acceptors (Lipinski definition) is 10. The molecular formula is C32H44N10O2. The highest BCUT2D eigenvalue weighted by molar-refractivity contribution is 5.97. The lowest BCUT2D eigenvalue weighted by Gasteiger charge is -2.42. The van der Waals surface area contributed by atoms with Crippen molar-refractivity contribution in [3.05, 3.63) is 41.7 Å². The standard InChI is InChI=1S/C32H44N10O2/c1-21-19-25(39-38-21)27-30(35-26-9-18-44-20-32(26)10-11-32)37-31(28(36-27)29(33)43)34-22-3-5-23(6-4-22)41-12-7-24(8-13-41)42-16-14-40(2)15-17-42/h3-6,19,24,26H,7-18,20H2,1-2H3,(H2,33,43)(H,38,39)(H2,34,35,37). The molecule has 1 aromatic carbocycles. The fourth-order valence-electron chi connectivity index (χ4n) is 7.01. The molecule has 2 aromatic heterocycles. The first-order chi connectivity index (χ1) is 21.4. The number of piperidine rings is 1. The summed E-state index contributed by atoms with van der Waals surface area (Å²) in [5.74, 6) is 0.264. The van der Waals surface area contributed by atoms with Crippen LogP contribution in [-0.4, -0.2) is 107 Å². The van der Waals surface area contributed by atoms with E-state index in [2.05, 4.69) is 54.7 Å². The maximum absolute atomic E-state index is 12.6. The summed E-state index contributed by atoms with van der Waals surface area (Å²) in [7, 11) is 2.21. The summed E-state index contributed by atoms with van der Waals surface area (Å²) in [6, 6.07) is 11.1. The maximum Gasteiger partial charge on any atom is 0.271 e. The topological polar surface area (TPSA) is 141 Å². The second-order valence-electron chi connectivity index (χ2n) is 13.0. The third-order valence-electron chi connectivity index (χ3n) is 9.97. The Hall–Kier alpha value is -3.74. The zero-order valence-corrected chi connectivity index (χ0v) is 25.8. The first-order valence-corrected chi connectivity index (χ1v) is 16.0. The molecule has 44 heavy (non-hydrogen) atoms. The number of rotatable bonds is 8. The Morgan fingerprint density at radius 2 is 1.77 bits per heavy atom. The molecule has 3 saturated heterocycles. The number of aromatic nitrogens is 4. The van der Waals surface area contributed by atoms with Gasteiger partial charge in [-0.2, -0.15) is 5.10 Å². The smallest absolute Gasteiger partial charge is 0.271 e. The van der Waals surface area contributed by atoms with Gasteiger partial charge in [0.2, 0.25) is 0 Å². The van der Waals surface area contributed by atoms with Crippen molar-refractivity contribution >= 4 is 28.9 Å². The largest absolute Gasteiger partial charge is 0.381 e. The molecule has 12 heteroatoms. The minimum atomic E-state index is -0.648. The Balaban J connectivity index is 1.09. The number of aryl methyl sites for hydroxylation is 1. The van der Waals surface area contributed by atoms with E-state index in [-0.39, 0.29) is 17.2 Å². The van der Waals surface area contributed by atoms with Crippen LogP contribution in [0.3, 0.4) is 0 Å². The number of amides is 1. The van der Waals surface area contributed by atoms with E-state index in [0.717, 1.165) is 63.4 Å². The first kappa shape index (κ1) is 29.0. The lowest BCUT2D eigenvalue weighted by Crippen LogP contribution is -2.52. The number of ether oxygens (including phenoxy) is 1. The molecule has 7 rings (SSSR count). The lowest BCUT2D eigenvalue weighted by atomic mass is 9.92. The van der Waals surface area contributed by atoms with Crippen LogP contribution in [0.2, 0.25) is 0 Å². The first-order valence-electron chi connectivity index (χ1n) is 16.0. The van der Waals surface area contributed by atoms with Crippen LogP contribution in [0.25, 0.3) is 11.4 Å². The number of nitrogens with two attached hydrogens (primary N) is 1. The third-order valence-corrected chi connectivity index (χ3v) is 9.97. The SMILES string of the molecule is Cc1cc(-c2nc(C(N)=O)c(Nc3ccc(N4CCC(N5CCN(C)CC5)CC4)cc3)nc2NC2CCOCC23CC3)n[nH]1. The molecule has 3 aliphatic heterocycles. The van der Waals surface area contributed by atoms with Crippen molar-refractivity contribution in [3.8, 4) is 11.4 Å². The predicted molar refractivity (Wildman–Crippen MR) is 171 cm³/mol. The van der Waals surface area contributed by atoms with Gasteiger partial charge in [-0.25, -0.2) is 9.97 Å². The molecule has 1 atom stereocenters. The van der Waals surface area contributed by atoms with Crippen molar-refractivity contribution in [2.24, 2.45) is 11.1 Å². The fourth-order valence-corrected chi connectivity index (χ4v) is 7.01. The number of hydrogen-bond donors (Lipinski definition) is 4. The molecule has 5 heterocycles. The van der Waals surface area contributed by atoms with E-state index in [1.807, 2.05) is 25.1 Å². The summed E-state index contributed by atoms with van der Waals surface area (Å²) in [6.45, 7) is 10.2. The fraction of sp³-hybridized carbons (Fsp3) is 0.562. The minimum Gasteiger partial charge on any atom is -0.381 e. The molecule has 4 aliphatic rings. The summed E-state index contributed by atoms with van der Waals surface area (Å²) in [4.78, 5) is 29.9. The monoisotopic (exact) mass is 600 g/mol. The van der Waals surface area contributed by atoms with Crippen LogP contribution in [0.1, 0.15) is 48.3 Å². The molecule has 12 nitrogen and oxygen atoms in total. The summed E-state index contributed by atoms with van der Waals surface area (Å²) in [5, 5.41) is 14.4. The zero-order chi connectivity index (χ0) is 30.3. The second kappa shape index (κ2) is 12.0. The van der Waals surface area contributed by atoms with Gasteiger partial charge in [-0.15, -0.1) is 0 Å². The van der Waals surface area contributed by atoms with E-state index in [4.69, 9.17) is 20.4 Å². The van der Waals surface area contributed by atoms with Gasteiger partial charge in [-0.05, 0) is 76.4 Å². The Labute approximate surface area is 258 Å². The maximum atomic E-state index is 12.6. The third kappa shape index (κ3) is 5.98. The number of primary amides is 1. The molecule has 234 valence electrons. The highest BCUT2D eigenvalue weighted by Gasteiger charge is 2.51. The molecule has 1 amide bonds. The highest BCUT2D eigenvalue weighted by Crippen LogP contribution is 2.52. The summed E-state index contributed by atoms with van der Waals surface area (Å²) < 4.78 is 5.80. The minimum absolute atomic E-state index is 0.0781. The van der Waals surface area contributed by atoms with Gasteiger partial charge in [-0.3, -0.25) is 14.8 Å². The average molecular weight is 601 g/mol. The number of piperazine rings is 1. The Kier molecular flexibility index (Phi) is 7.90. The van der Waals surface area contributed by atoms with Crippen LogP contribution in [0.15, 0.2) is 30.3 Å². The van der Waals surface area contributed by atoms with Gasteiger partial charge in [0, 0.05) is 80.4 Å². The van der Waals surface area contributed by atoms with Crippen molar-refractivity contribution in [3.63, 3.8) is 0 Å².